The number of hydrogen-bond acceptors (Lipinski definition) is 8. The first kappa shape index (κ1) is 30.6. The van der Waals surface area contributed by atoms with Crippen molar-refractivity contribution in [1.29, 1.82) is 5.26 Å². The van der Waals surface area contributed by atoms with Gasteiger partial charge in [-0.1, -0.05) is 50.8 Å². The van der Waals surface area contributed by atoms with Gasteiger partial charge in [0.25, 0.3) is 0 Å². The molecule has 4 aromatic rings. The van der Waals surface area contributed by atoms with Gasteiger partial charge in [0.15, 0.2) is 11.5 Å². The zero-order chi connectivity index (χ0) is 31.4. The van der Waals surface area contributed by atoms with Crippen molar-refractivity contribution in [2.75, 3.05) is 13.7 Å². The maximum atomic E-state index is 13.2. The van der Waals surface area contributed by atoms with Crippen molar-refractivity contribution in [3.05, 3.63) is 93.6 Å². The molecule has 1 unspecified atom stereocenters. The lowest BCUT2D eigenvalue weighted by molar-refractivity contribution is 0.0702. The highest BCUT2D eigenvalue weighted by Crippen LogP contribution is 2.45. The number of nitrogens with two attached hydrogens (primary N) is 1. The lowest BCUT2D eigenvalue weighted by Gasteiger charge is -2.27. The monoisotopic (exact) mass is 594 g/mol. The Labute approximate surface area is 258 Å². The highest BCUT2D eigenvalue weighted by atomic mass is 16.5. The molecule has 2 heterocycles. The van der Waals surface area contributed by atoms with Crippen LogP contribution in [-0.4, -0.2) is 19.7 Å². The first-order chi connectivity index (χ1) is 21.2. The van der Waals surface area contributed by atoms with E-state index in [1.807, 2.05) is 45.0 Å². The fourth-order valence-electron chi connectivity index (χ4n) is 5.85. The van der Waals surface area contributed by atoms with Gasteiger partial charge in [-0.2, -0.15) is 5.26 Å². The van der Waals surface area contributed by atoms with E-state index in [9.17, 15) is 10.1 Å². The third-order valence-electron chi connectivity index (χ3n) is 7.98. The Morgan fingerprint density at radius 2 is 1.80 bits per heavy atom. The molecule has 0 aliphatic carbocycles. The number of esters is 1. The van der Waals surface area contributed by atoms with E-state index in [0.717, 1.165) is 40.5 Å². The summed E-state index contributed by atoms with van der Waals surface area (Å²) in [5.41, 5.74) is 11.4. The number of fused-ring (bicyclic) bond motifs is 2. The summed E-state index contributed by atoms with van der Waals surface area (Å²) in [5.74, 6) is 0.847. The van der Waals surface area contributed by atoms with Crippen molar-refractivity contribution in [1.82, 2.24) is 0 Å². The number of ether oxygens (including phenoxy) is 4. The van der Waals surface area contributed by atoms with Crippen molar-refractivity contribution in [3.8, 4) is 29.1 Å². The SMILES string of the molecule is CCCCCCCOc1ccc(C2C(C#N)=C(N)Oc3cc(OC(=O)c4oc5cc(C)cc(C)c5c4C)ccc32)cc1OC. The minimum Gasteiger partial charge on any atom is -0.493 e. The number of methoxy groups -OCH3 is 1. The molecule has 3 aromatic carbocycles. The predicted octanol–water partition coefficient (Wildman–Crippen LogP) is 8.15. The molecule has 2 N–H and O–H groups in total. The summed E-state index contributed by atoms with van der Waals surface area (Å²) in [7, 11) is 1.59. The Balaban J connectivity index is 1.40. The van der Waals surface area contributed by atoms with Gasteiger partial charge in [0.2, 0.25) is 11.6 Å². The number of furan rings is 1. The second kappa shape index (κ2) is 13.2. The zero-order valence-electron chi connectivity index (χ0n) is 25.9. The van der Waals surface area contributed by atoms with Crippen LogP contribution in [0.5, 0.6) is 23.0 Å². The number of rotatable bonds is 11. The molecule has 1 aliphatic rings. The molecule has 0 radical (unpaired) electrons. The van der Waals surface area contributed by atoms with Crippen molar-refractivity contribution in [2.45, 2.75) is 65.7 Å². The predicted molar refractivity (Wildman–Crippen MR) is 168 cm³/mol. The van der Waals surface area contributed by atoms with Crippen LogP contribution in [0.25, 0.3) is 11.0 Å². The Kier molecular flexibility index (Phi) is 9.15. The number of allylic oxidation sites excluding steroid dienone is 1. The van der Waals surface area contributed by atoms with Crippen LogP contribution < -0.4 is 24.7 Å². The minimum atomic E-state index is -0.616. The zero-order valence-corrected chi connectivity index (χ0v) is 25.9. The number of carbonyl (C=O) groups is 1. The summed E-state index contributed by atoms with van der Waals surface area (Å²) in [5, 5.41) is 10.9. The lowest BCUT2D eigenvalue weighted by Crippen LogP contribution is -2.21. The highest BCUT2D eigenvalue weighted by Gasteiger charge is 2.32. The highest BCUT2D eigenvalue weighted by molar-refractivity contribution is 5.98. The van der Waals surface area contributed by atoms with Gasteiger partial charge in [-0.05, 0) is 68.1 Å². The van der Waals surface area contributed by atoms with E-state index in [2.05, 4.69) is 19.1 Å². The molecule has 0 saturated heterocycles. The Bertz CT molecular complexity index is 1780. The van der Waals surface area contributed by atoms with E-state index in [-0.39, 0.29) is 23.0 Å². The Morgan fingerprint density at radius 1 is 1.00 bits per heavy atom. The van der Waals surface area contributed by atoms with Crippen molar-refractivity contribution in [2.24, 2.45) is 5.73 Å². The van der Waals surface area contributed by atoms with Crippen LogP contribution >= 0.6 is 0 Å². The maximum absolute atomic E-state index is 13.2. The van der Waals surface area contributed by atoms with Gasteiger partial charge in [0.1, 0.15) is 28.7 Å². The maximum Gasteiger partial charge on any atom is 0.379 e. The Hall–Kier alpha value is -4.90. The summed E-state index contributed by atoms with van der Waals surface area (Å²) in [4.78, 5) is 13.2. The molecule has 0 bridgehead atoms. The van der Waals surface area contributed by atoms with E-state index in [0.29, 0.717) is 35.0 Å². The topological polar surface area (TPSA) is 117 Å². The molecule has 5 rings (SSSR count). The molecular formula is C36H38N2O6. The van der Waals surface area contributed by atoms with Gasteiger partial charge in [-0.25, -0.2) is 4.79 Å². The van der Waals surface area contributed by atoms with Gasteiger partial charge < -0.3 is 29.1 Å². The largest absolute Gasteiger partial charge is 0.493 e. The molecule has 228 valence electrons. The molecule has 44 heavy (non-hydrogen) atoms. The van der Waals surface area contributed by atoms with Crippen molar-refractivity contribution in [3.63, 3.8) is 0 Å². The second-order valence-corrected chi connectivity index (χ2v) is 11.2. The van der Waals surface area contributed by atoms with Crippen molar-refractivity contribution < 1.29 is 28.2 Å². The summed E-state index contributed by atoms with van der Waals surface area (Å²) in [6.45, 7) is 8.61. The van der Waals surface area contributed by atoms with Crippen LogP contribution in [0.4, 0.5) is 0 Å². The van der Waals surface area contributed by atoms with Gasteiger partial charge >= 0.3 is 5.97 Å². The van der Waals surface area contributed by atoms with Crippen LogP contribution in [0, 0.1) is 32.1 Å². The number of nitriles is 1. The molecular weight excluding hydrogens is 556 g/mol. The first-order valence-corrected chi connectivity index (χ1v) is 15.0. The number of unbranched alkanes of at least 4 members (excludes halogenated alkanes) is 4. The quantitative estimate of drug-likeness (QED) is 0.105. The molecule has 0 spiro atoms. The summed E-state index contributed by atoms with van der Waals surface area (Å²) >= 11 is 0. The third-order valence-corrected chi connectivity index (χ3v) is 7.98. The fourth-order valence-corrected chi connectivity index (χ4v) is 5.85. The lowest BCUT2D eigenvalue weighted by atomic mass is 9.83. The molecule has 1 atom stereocenters. The Morgan fingerprint density at radius 3 is 2.55 bits per heavy atom. The van der Waals surface area contributed by atoms with Crippen LogP contribution in [0.15, 0.2) is 64.4 Å². The number of benzene rings is 3. The molecule has 8 nitrogen and oxygen atoms in total. The van der Waals surface area contributed by atoms with Crippen LogP contribution in [0.3, 0.4) is 0 Å². The number of carbonyl (C=O) groups excluding carboxylic acids is 1. The van der Waals surface area contributed by atoms with Crippen molar-refractivity contribution >= 4 is 16.9 Å². The van der Waals surface area contributed by atoms with Gasteiger partial charge in [-0.15, -0.1) is 0 Å². The molecule has 0 amide bonds. The number of nitrogens with zero attached hydrogens (tertiary/aromatic N) is 1. The van der Waals surface area contributed by atoms with E-state index >= 15 is 0 Å². The van der Waals surface area contributed by atoms with E-state index in [1.54, 1.807) is 25.3 Å². The van der Waals surface area contributed by atoms with E-state index < -0.39 is 11.9 Å². The van der Waals surface area contributed by atoms with Crippen LogP contribution in [-0.2, 0) is 0 Å². The van der Waals surface area contributed by atoms with Crippen LogP contribution in [0.2, 0.25) is 0 Å². The van der Waals surface area contributed by atoms with E-state index in [1.165, 1.54) is 19.3 Å². The molecule has 0 saturated carbocycles. The molecule has 1 aliphatic heterocycles. The standard InChI is InChI=1S/C36H38N2O6/c1-6-7-8-9-10-15-41-28-14-11-24(18-30(28)40-5)33-26-13-12-25(19-29(26)44-35(38)27(33)20-37)42-36(39)34-23(4)32-22(3)16-21(2)17-31(32)43-34/h11-14,16-19,33H,6-10,15,38H2,1-5H3. The second-order valence-electron chi connectivity index (χ2n) is 11.2. The summed E-state index contributed by atoms with van der Waals surface area (Å²) in [6, 6.07) is 16.8. The fraction of sp³-hybridized carbons (Fsp3) is 0.333. The smallest absolute Gasteiger partial charge is 0.379 e. The minimum absolute atomic E-state index is 0.0150. The van der Waals surface area contributed by atoms with Gasteiger partial charge in [0, 0.05) is 22.6 Å². The average Bonchev–Trinajstić information content (AvgIpc) is 3.34. The number of hydrogen-bond donors (Lipinski definition) is 1. The normalized spacial score (nSPS) is 14.1. The van der Waals surface area contributed by atoms with Gasteiger partial charge in [-0.3, -0.25) is 0 Å². The number of aryl methyl sites for hydroxylation is 3. The molecule has 0 fully saturated rings. The van der Waals surface area contributed by atoms with Crippen LogP contribution in [0.1, 0.15) is 83.3 Å². The average molecular weight is 595 g/mol. The first-order valence-electron chi connectivity index (χ1n) is 15.0. The van der Waals surface area contributed by atoms with Gasteiger partial charge in [0.05, 0.1) is 19.6 Å². The third kappa shape index (κ3) is 6.09. The molecule has 8 heteroatoms. The summed E-state index contributed by atoms with van der Waals surface area (Å²) < 4.78 is 29.2. The van der Waals surface area contributed by atoms with E-state index in [4.69, 9.17) is 29.1 Å². The molecule has 1 aromatic heterocycles. The summed E-state index contributed by atoms with van der Waals surface area (Å²) in [6.07, 6.45) is 5.72.